The lowest BCUT2D eigenvalue weighted by Gasteiger charge is -2.37. The highest BCUT2D eigenvalue weighted by Crippen LogP contribution is 2.37. The van der Waals surface area contributed by atoms with Crippen LogP contribution < -0.4 is 0 Å². The van der Waals surface area contributed by atoms with E-state index in [1.807, 2.05) is 60.7 Å². The number of likely N-dealkylation sites (tertiary alicyclic amines) is 1. The number of nitrogens with zero attached hydrogens (tertiary/aromatic N) is 3. The molecule has 0 spiro atoms. The van der Waals surface area contributed by atoms with Crippen LogP contribution in [0.2, 0.25) is 0 Å². The van der Waals surface area contributed by atoms with E-state index in [9.17, 15) is 19.5 Å². The number of aromatic nitrogens is 1. The minimum Gasteiger partial charge on any atom is -0.480 e. The van der Waals surface area contributed by atoms with Crippen LogP contribution in [0.3, 0.4) is 0 Å². The van der Waals surface area contributed by atoms with Gasteiger partial charge in [0, 0.05) is 31.6 Å². The van der Waals surface area contributed by atoms with Crippen LogP contribution in [0.4, 0.5) is 0 Å². The molecule has 33 heavy (non-hydrogen) atoms. The van der Waals surface area contributed by atoms with Gasteiger partial charge in [-0.25, -0.2) is 4.98 Å². The number of aliphatic carboxylic acids is 1. The molecule has 1 N–H and O–H groups in total. The third-order valence-electron chi connectivity index (χ3n) is 5.81. The number of hydrogen-bond acceptors (Lipinski definition) is 5. The van der Waals surface area contributed by atoms with E-state index in [1.165, 1.54) is 23.2 Å². The molecule has 7 nitrogen and oxygen atoms in total. The summed E-state index contributed by atoms with van der Waals surface area (Å²) in [5.74, 6) is -1.46. The van der Waals surface area contributed by atoms with Crippen molar-refractivity contribution in [2.24, 2.45) is 0 Å². The minimum absolute atomic E-state index is 0.00973. The average Bonchev–Trinajstić information content (AvgIpc) is 3.29. The van der Waals surface area contributed by atoms with Crippen molar-refractivity contribution < 1.29 is 19.5 Å². The number of carbonyl (C=O) groups excluding carboxylic acids is 2. The molecule has 4 rings (SSSR count). The Hall–Kier alpha value is -3.52. The highest BCUT2D eigenvalue weighted by molar-refractivity contribution is 7.17. The highest BCUT2D eigenvalue weighted by Gasteiger charge is 2.33. The van der Waals surface area contributed by atoms with Crippen LogP contribution in [0.15, 0.2) is 60.7 Å². The van der Waals surface area contributed by atoms with Gasteiger partial charge in [-0.1, -0.05) is 60.7 Å². The smallest absolute Gasteiger partial charge is 0.323 e. The summed E-state index contributed by atoms with van der Waals surface area (Å²) in [7, 11) is 0. The fourth-order valence-corrected chi connectivity index (χ4v) is 5.17. The lowest BCUT2D eigenvalue weighted by Crippen LogP contribution is -2.50. The van der Waals surface area contributed by atoms with Crippen LogP contribution in [0.5, 0.6) is 0 Å². The van der Waals surface area contributed by atoms with Crippen LogP contribution >= 0.6 is 11.3 Å². The Labute approximate surface area is 196 Å². The molecule has 170 valence electrons. The molecule has 0 atom stereocenters. The first-order valence-electron chi connectivity index (χ1n) is 10.8. The summed E-state index contributed by atoms with van der Waals surface area (Å²) in [4.78, 5) is 45.5. The molecule has 2 heterocycles. The number of hydrogen-bond donors (Lipinski definition) is 1. The number of carboxylic acid groups (broad SMARTS) is 1. The van der Waals surface area contributed by atoms with Gasteiger partial charge < -0.3 is 14.9 Å². The van der Waals surface area contributed by atoms with E-state index in [0.29, 0.717) is 31.6 Å². The largest absolute Gasteiger partial charge is 0.480 e. The van der Waals surface area contributed by atoms with Crippen LogP contribution in [0.25, 0.3) is 21.7 Å². The normalized spacial score (nSPS) is 14.2. The van der Waals surface area contributed by atoms with E-state index < -0.39 is 12.5 Å². The molecule has 1 fully saturated rings. The summed E-state index contributed by atoms with van der Waals surface area (Å²) in [6, 6.07) is 19.2. The van der Waals surface area contributed by atoms with E-state index >= 15 is 0 Å². The summed E-state index contributed by atoms with van der Waals surface area (Å²) < 4.78 is 0. The van der Waals surface area contributed by atoms with Crippen molar-refractivity contribution >= 4 is 29.1 Å². The highest BCUT2D eigenvalue weighted by atomic mass is 32.1. The van der Waals surface area contributed by atoms with E-state index in [-0.39, 0.29) is 22.9 Å². The molecule has 1 aromatic heterocycles. The van der Waals surface area contributed by atoms with Crippen LogP contribution in [-0.2, 0) is 9.59 Å². The fraction of sp³-hybridized carbons (Fsp3) is 0.280. The number of thiazole rings is 1. The van der Waals surface area contributed by atoms with Crippen molar-refractivity contribution in [1.82, 2.24) is 14.8 Å². The lowest BCUT2D eigenvalue weighted by molar-refractivity contribution is -0.139. The fourth-order valence-electron chi connectivity index (χ4n) is 4.12. The van der Waals surface area contributed by atoms with Crippen molar-refractivity contribution in [3.8, 4) is 21.7 Å². The number of rotatable bonds is 6. The van der Waals surface area contributed by atoms with Gasteiger partial charge in [0.25, 0.3) is 5.91 Å². The van der Waals surface area contributed by atoms with Gasteiger partial charge in [-0.3, -0.25) is 14.4 Å². The summed E-state index contributed by atoms with van der Waals surface area (Å²) >= 11 is 1.28. The Morgan fingerprint density at radius 3 is 2.12 bits per heavy atom. The molecular weight excluding hydrogens is 438 g/mol. The minimum atomic E-state index is -1.07. The summed E-state index contributed by atoms with van der Waals surface area (Å²) in [5.41, 5.74) is 2.55. The molecule has 3 aromatic rings. The van der Waals surface area contributed by atoms with Crippen LogP contribution in [-0.4, -0.2) is 63.4 Å². The van der Waals surface area contributed by atoms with Gasteiger partial charge in [-0.05, 0) is 18.4 Å². The SMILES string of the molecule is CC(=O)N1CCC(N(CC(=O)O)C(=O)c2nc(-c3ccccc3)c(-c3ccccc3)s2)CC1. The predicted octanol–water partition coefficient (Wildman–Crippen LogP) is 4.01. The molecule has 0 unspecified atom stereocenters. The first kappa shape index (κ1) is 22.7. The summed E-state index contributed by atoms with van der Waals surface area (Å²) in [5, 5.41) is 9.76. The molecular formula is C25H25N3O4S. The number of carboxylic acids is 1. The quantitative estimate of drug-likeness (QED) is 0.596. The van der Waals surface area contributed by atoms with Crippen molar-refractivity contribution in [1.29, 1.82) is 0 Å². The third-order valence-corrected chi connectivity index (χ3v) is 6.90. The van der Waals surface area contributed by atoms with Gasteiger partial charge in [0.1, 0.15) is 6.54 Å². The first-order chi connectivity index (χ1) is 15.9. The number of piperidine rings is 1. The van der Waals surface area contributed by atoms with Gasteiger partial charge >= 0.3 is 5.97 Å². The van der Waals surface area contributed by atoms with Gasteiger partial charge in [0.05, 0.1) is 10.6 Å². The monoisotopic (exact) mass is 463 g/mol. The lowest BCUT2D eigenvalue weighted by atomic mass is 10.0. The Balaban J connectivity index is 1.69. The van der Waals surface area contributed by atoms with Gasteiger partial charge in [0.2, 0.25) is 5.91 Å². The molecule has 0 saturated carbocycles. The standard InChI is InChI=1S/C25H25N3O4S/c1-17(29)27-14-12-20(13-15-27)28(16-21(30)31)25(32)24-26-22(18-8-4-2-5-9-18)23(33-24)19-10-6-3-7-11-19/h2-11,20H,12-16H2,1H3,(H,30,31). The second-order valence-electron chi connectivity index (χ2n) is 7.99. The van der Waals surface area contributed by atoms with E-state index in [4.69, 9.17) is 4.98 Å². The van der Waals surface area contributed by atoms with Gasteiger partial charge in [-0.15, -0.1) is 11.3 Å². The molecule has 8 heteroatoms. The molecule has 1 aliphatic heterocycles. The molecule has 0 radical (unpaired) electrons. The maximum atomic E-state index is 13.6. The zero-order chi connectivity index (χ0) is 23.4. The maximum absolute atomic E-state index is 13.6. The predicted molar refractivity (Wildman–Crippen MR) is 127 cm³/mol. The van der Waals surface area contributed by atoms with E-state index in [0.717, 1.165) is 16.0 Å². The van der Waals surface area contributed by atoms with Crippen LogP contribution in [0.1, 0.15) is 29.6 Å². The van der Waals surface area contributed by atoms with E-state index in [1.54, 1.807) is 4.90 Å². The zero-order valence-electron chi connectivity index (χ0n) is 18.3. The molecule has 2 aromatic carbocycles. The molecule has 2 amide bonds. The van der Waals surface area contributed by atoms with Gasteiger partial charge in [-0.2, -0.15) is 0 Å². The Morgan fingerprint density at radius 2 is 1.58 bits per heavy atom. The molecule has 0 bridgehead atoms. The van der Waals surface area contributed by atoms with E-state index in [2.05, 4.69) is 0 Å². The topological polar surface area (TPSA) is 90.8 Å². The maximum Gasteiger partial charge on any atom is 0.323 e. The number of carbonyl (C=O) groups is 3. The number of amides is 2. The zero-order valence-corrected chi connectivity index (χ0v) is 19.1. The number of benzene rings is 2. The second-order valence-corrected chi connectivity index (χ2v) is 8.99. The average molecular weight is 464 g/mol. The Kier molecular flexibility index (Phi) is 6.84. The van der Waals surface area contributed by atoms with Crippen molar-refractivity contribution in [3.63, 3.8) is 0 Å². The Morgan fingerprint density at radius 1 is 1.00 bits per heavy atom. The first-order valence-corrected chi connectivity index (χ1v) is 11.7. The van der Waals surface area contributed by atoms with Crippen molar-refractivity contribution in [2.45, 2.75) is 25.8 Å². The summed E-state index contributed by atoms with van der Waals surface area (Å²) in [6.07, 6.45) is 1.09. The molecule has 1 saturated heterocycles. The molecule has 1 aliphatic rings. The van der Waals surface area contributed by atoms with Crippen molar-refractivity contribution in [2.75, 3.05) is 19.6 Å². The van der Waals surface area contributed by atoms with Crippen molar-refractivity contribution in [3.05, 3.63) is 65.7 Å². The molecule has 0 aliphatic carbocycles. The summed E-state index contributed by atoms with van der Waals surface area (Å²) in [6.45, 7) is 2.13. The van der Waals surface area contributed by atoms with Gasteiger partial charge in [0.15, 0.2) is 5.01 Å². The second kappa shape index (κ2) is 9.95. The third kappa shape index (κ3) is 5.12. The van der Waals surface area contributed by atoms with Crippen LogP contribution in [0, 0.1) is 0 Å². The Bertz CT molecular complexity index is 1080.